The van der Waals surface area contributed by atoms with E-state index in [1.807, 2.05) is 30.3 Å². The van der Waals surface area contributed by atoms with Crippen LogP contribution in [0.2, 0.25) is 0 Å². The molecule has 1 amide bonds. The molecule has 92 valence electrons. The Bertz CT molecular complexity index is 375. The molecule has 0 radical (unpaired) electrons. The van der Waals surface area contributed by atoms with Gasteiger partial charge in [0.05, 0.1) is 6.17 Å². The molecule has 17 heavy (non-hydrogen) atoms. The Morgan fingerprint density at radius 1 is 1.35 bits per heavy atom. The van der Waals surface area contributed by atoms with E-state index in [-0.39, 0.29) is 12.1 Å². The molecule has 3 heteroatoms. The van der Waals surface area contributed by atoms with Crippen molar-refractivity contribution in [2.75, 3.05) is 6.54 Å². The molecule has 0 bridgehead atoms. The lowest BCUT2D eigenvalue weighted by Crippen LogP contribution is -2.47. The lowest BCUT2D eigenvalue weighted by molar-refractivity contribution is 0.0863. The molecule has 0 aromatic heterocycles. The van der Waals surface area contributed by atoms with Crippen molar-refractivity contribution in [1.82, 2.24) is 10.2 Å². The predicted octanol–water partition coefficient (Wildman–Crippen LogP) is 2.25. The van der Waals surface area contributed by atoms with Crippen molar-refractivity contribution in [2.24, 2.45) is 0 Å². The molecule has 0 spiro atoms. The van der Waals surface area contributed by atoms with E-state index in [0.29, 0.717) is 6.04 Å². The first kappa shape index (κ1) is 12.1. The third-order valence-corrected chi connectivity index (χ3v) is 3.29. The number of hydrogen-bond acceptors (Lipinski definition) is 2. The zero-order valence-electron chi connectivity index (χ0n) is 10.5. The smallest absolute Gasteiger partial charge is 0.252 e. The molecule has 1 aliphatic heterocycles. The molecule has 1 heterocycles. The summed E-state index contributed by atoms with van der Waals surface area (Å²) in [6.07, 6.45) is 2.41. The number of hydrogen-bond donors (Lipinski definition) is 1. The fourth-order valence-electron chi connectivity index (χ4n) is 2.39. The first-order chi connectivity index (χ1) is 8.18. The fourth-order valence-corrected chi connectivity index (χ4v) is 2.39. The van der Waals surface area contributed by atoms with Crippen LogP contribution in [0.5, 0.6) is 0 Å². The van der Waals surface area contributed by atoms with Crippen LogP contribution in [0.15, 0.2) is 30.3 Å². The quantitative estimate of drug-likeness (QED) is 0.867. The Balaban J connectivity index is 1.99. The summed E-state index contributed by atoms with van der Waals surface area (Å²) in [5.41, 5.74) is 0.739. The van der Waals surface area contributed by atoms with Gasteiger partial charge >= 0.3 is 0 Å². The van der Waals surface area contributed by atoms with Crippen LogP contribution in [0, 0.1) is 0 Å². The van der Waals surface area contributed by atoms with E-state index >= 15 is 0 Å². The van der Waals surface area contributed by atoms with E-state index in [4.69, 9.17) is 0 Å². The maximum absolute atomic E-state index is 12.0. The fraction of sp³-hybridized carbons (Fsp3) is 0.500. The number of rotatable bonds is 3. The second-order valence-electron chi connectivity index (χ2n) is 4.83. The van der Waals surface area contributed by atoms with E-state index in [1.54, 1.807) is 0 Å². The maximum atomic E-state index is 12.0. The van der Waals surface area contributed by atoms with E-state index in [9.17, 15) is 4.79 Å². The SMILES string of the molecule is CC(C)N1CCCC1NC(=O)c1ccccc1. The molecule has 1 fully saturated rings. The molecule has 1 aliphatic rings. The highest BCUT2D eigenvalue weighted by Crippen LogP contribution is 2.18. The Labute approximate surface area is 103 Å². The lowest BCUT2D eigenvalue weighted by Gasteiger charge is -2.28. The van der Waals surface area contributed by atoms with Crippen molar-refractivity contribution >= 4 is 5.91 Å². The summed E-state index contributed by atoms with van der Waals surface area (Å²) < 4.78 is 0. The van der Waals surface area contributed by atoms with Gasteiger partial charge in [0.15, 0.2) is 0 Å². The van der Waals surface area contributed by atoms with Gasteiger partial charge in [0.25, 0.3) is 5.91 Å². The molecular weight excluding hydrogens is 212 g/mol. The van der Waals surface area contributed by atoms with Gasteiger partial charge < -0.3 is 5.32 Å². The third kappa shape index (κ3) is 2.86. The zero-order chi connectivity index (χ0) is 12.3. The molecule has 1 saturated heterocycles. The number of nitrogens with one attached hydrogen (secondary N) is 1. The van der Waals surface area contributed by atoms with Crippen molar-refractivity contribution < 1.29 is 4.79 Å². The topological polar surface area (TPSA) is 32.3 Å². The molecular formula is C14H20N2O. The minimum Gasteiger partial charge on any atom is -0.336 e. The van der Waals surface area contributed by atoms with Crippen LogP contribution in [0.3, 0.4) is 0 Å². The Hall–Kier alpha value is -1.35. The number of carbonyl (C=O) groups excluding carboxylic acids is 1. The number of benzene rings is 1. The molecule has 3 nitrogen and oxygen atoms in total. The second kappa shape index (κ2) is 5.32. The maximum Gasteiger partial charge on any atom is 0.252 e. The first-order valence-corrected chi connectivity index (χ1v) is 6.30. The highest BCUT2D eigenvalue weighted by atomic mass is 16.1. The van der Waals surface area contributed by atoms with Gasteiger partial charge in [-0.2, -0.15) is 0 Å². The average Bonchev–Trinajstić information content (AvgIpc) is 2.78. The minimum absolute atomic E-state index is 0.0307. The second-order valence-corrected chi connectivity index (χ2v) is 4.83. The zero-order valence-corrected chi connectivity index (χ0v) is 10.5. The summed E-state index contributed by atoms with van der Waals surface area (Å²) in [5, 5.41) is 3.11. The van der Waals surface area contributed by atoms with Gasteiger partial charge in [-0.25, -0.2) is 0 Å². The standard InChI is InChI=1S/C14H20N2O/c1-11(2)16-10-6-9-13(16)15-14(17)12-7-4-3-5-8-12/h3-5,7-8,11,13H,6,9-10H2,1-2H3,(H,15,17). The van der Waals surface area contributed by atoms with Gasteiger partial charge in [-0.3, -0.25) is 9.69 Å². The first-order valence-electron chi connectivity index (χ1n) is 6.30. The largest absolute Gasteiger partial charge is 0.336 e. The average molecular weight is 232 g/mol. The molecule has 0 saturated carbocycles. The van der Waals surface area contributed by atoms with Gasteiger partial charge in [-0.05, 0) is 38.8 Å². The molecule has 0 aliphatic carbocycles. The van der Waals surface area contributed by atoms with Gasteiger partial charge in [-0.15, -0.1) is 0 Å². The highest BCUT2D eigenvalue weighted by molar-refractivity contribution is 5.94. The summed E-state index contributed by atoms with van der Waals surface area (Å²) in [6, 6.07) is 9.90. The normalized spacial score (nSPS) is 20.8. The van der Waals surface area contributed by atoms with Crippen molar-refractivity contribution in [2.45, 2.75) is 38.9 Å². The number of nitrogens with zero attached hydrogens (tertiary/aromatic N) is 1. The molecule has 1 unspecified atom stereocenters. The Morgan fingerprint density at radius 3 is 2.71 bits per heavy atom. The molecule has 1 N–H and O–H groups in total. The summed E-state index contributed by atoms with van der Waals surface area (Å²) >= 11 is 0. The van der Waals surface area contributed by atoms with Gasteiger partial charge in [0.2, 0.25) is 0 Å². The summed E-state index contributed by atoms with van der Waals surface area (Å²) in [4.78, 5) is 14.4. The van der Waals surface area contributed by atoms with Crippen LogP contribution in [-0.2, 0) is 0 Å². The summed E-state index contributed by atoms with van der Waals surface area (Å²) in [5.74, 6) is 0.0307. The van der Waals surface area contributed by atoms with E-state index in [0.717, 1.165) is 24.9 Å². The predicted molar refractivity (Wildman–Crippen MR) is 68.8 cm³/mol. The molecule has 1 aromatic rings. The lowest BCUT2D eigenvalue weighted by atomic mass is 10.2. The minimum atomic E-state index is 0.0307. The summed E-state index contributed by atoms with van der Waals surface area (Å²) in [6.45, 7) is 5.43. The number of likely N-dealkylation sites (tertiary alicyclic amines) is 1. The van der Waals surface area contributed by atoms with Crippen molar-refractivity contribution in [3.8, 4) is 0 Å². The van der Waals surface area contributed by atoms with E-state index in [1.165, 1.54) is 0 Å². The monoisotopic (exact) mass is 232 g/mol. The van der Waals surface area contributed by atoms with E-state index in [2.05, 4.69) is 24.1 Å². The van der Waals surface area contributed by atoms with Crippen LogP contribution in [0.25, 0.3) is 0 Å². The van der Waals surface area contributed by atoms with Crippen molar-refractivity contribution in [3.05, 3.63) is 35.9 Å². The van der Waals surface area contributed by atoms with Gasteiger partial charge in [0, 0.05) is 18.2 Å². The third-order valence-electron chi connectivity index (χ3n) is 3.29. The molecule has 1 aromatic carbocycles. The van der Waals surface area contributed by atoms with Crippen molar-refractivity contribution in [3.63, 3.8) is 0 Å². The van der Waals surface area contributed by atoms with Gasteiger partial charge in [-0.1, -0.05) is 18.2 Å². The Morgan fingerprint density at radius 2 is 2.06 bits per heavy atom. The summed E-state index contributed by atoms with van der Waals surface area (Å²) in [7, 11) is 0. The van der Waals surface area contributed by atoms with Crippen LogP contribution in [-0.4, -0.2) is 29.6 Å². The number of amides is 1. The van der Waals surface area contributed by atoms with Crippen LogP contribution >= 0.6 is 0 Å². The van der Waals surface area contributed by atoms with Crippen molar-refractivity contribution in [1.29, 1.82) is 0 Å². The van der Waals surface area contributed by atoms with Crippen LogP contribution in [0.1, 0.15) is 37.0 Å². The molecule has 1 atom stereocenters. The van der Waals surface area contributed by atoms with Crippen LogP contribution < -0.4 is 5.32 Å². The molecule has 2 rings (SSSR count). The van der Waals surface area contributed by atoms with E-state index < -0.39 is 0 Å². The highest BCUT2D eigenvalue weighted by Gasteiger charge is 2.27. The Kier molecular flexibility index (Phi) is 3.79. The number of carbonyl (C=O) groups is 1. The van der Waals surface area contributed by atoms with Gasteiger partial charge in [0.1, 0.15) is 0 Å². The van der Waals surface area contributed by atoms with Crippen LogP contribution in [0.4, 0.5) is 0 Å².